The van der Waals surface area contributed by atoms with Crippen LogP contribution in [0.4, 0.5) is 0 Å². The molecule has 1 aromatic rings. The highest BCUT2D eigenvalue weighted by atomic mass is 127. The Morgan fingerprint density at radius 1 is 1.10 bits per heavy atom. The quantitative estimate of drug-likeness (QED) is 0.542. The molecule has 0 aliphatic rings. The summed E-state index contributed by atoms with van der Waals surface area (Å²) in [6.07, 6.45) is 0. The Labute approximate surface area is 83.7 Å². The highest BCUT2D eigenvalue weighted by Crippen LogP contribution is 2.20. The monoisotopic (exact) mass is 286 g/mol. The van der Waals surface area contributed by atoms with E-state index < -0.39 is 0 Å². The van der Waals surface area contributed by atoms with E-state index in [2.05, 4.69) is 22.6 Å². The summed E-state index contributed by atoms with van der Waals surface area (Å²) in [6.45, 7) is 0. The second kappa shape index (κ2) is 3.79. The highest BCUT2D eigenvalue weighted by molar-refractivity contribution is 14.1. The van der Waals surface area contributed by atoms with E-state index in [1.807, 2.05) is 12.1 Å². The molecule has 54 valence electrons. The van der Waals surface area contributed by atoms with E-state index in [0.29, 0.717) is 10.0 Å². The summed E-state index contributed by atoms with van der Waals surface area (Å²) < 4.78 is 0.942. The maximum absolute atomic E-state index is 5.74. The van der Waals surface area contributed by atoms with Gasteiger partial charge in [-0.05, 0) is 23.8 Å². The molecule has 0 nitrogen and oxygen atoms in total. The van der Waals surface area contributed by atoms with Crippen molar-refractivity contribution in [2.45, 2.75) is 4.43 Å². The van der Waals surface area contributed by atoms with Gasteiger partial charge in [-0.3, -0.25) is 0 Å². The Morgan fingerprint density at radius 3 is 2.00 bits per heavy atom. The van der Waals surface area contributed by atoms with Crippen LogP contribution in [0.5, 0.6) is 0 Å². The van der Waals surface area contributed by atoms with Crippen molar-refractivity contribution < 1.29 is 0 Å². The Kier molecular flexibility index (Phi) is 3.27. The van der Waals surface area contributed by atoms with Crippen LogP contribution in [0.25, 0.3) is 0 Å². The van der Waals surface area contributed by atoms with E-state index in [-0.39, 0.29) is 0 Å². The van der Waals surface area contributed by atoms with Crippen LogP contribution in [0, 0.1) is 0 Å². The minimum absolute atomic E-state index is 0.708. The van der Waals surface area contributed by atoms with Gasteiger partial charge in [-0.1, -0.05) is 45.8 Å². The number of alkyl halides is 1. The zero-order chi connectivity index (χ0) is 7.56. The van der Waals surface area contributed by atoms with Crippen LogP contribution in [-0.4, -0.2) is 0 Å². The van der Waals surface area contributed by atoms with Crippen LogP contribution in [-0.2, 0) is 4.43 Å². The molecule has 0 N–H and O–H groups in total. The standard InChI is InChI=1S/C7H5Cl2I/c8-6-1-5(4-10)2-7(9)3-6/h1-3H,4H2. The molecule has 0 atom stereocenters. The van der Waals surface area contributed by atoms with Gasteiger partial charge < -0.3 is 0 Å². The van der Waals surface area contributed by atoms with Gasteiger partial charge in [-0.25, -0.2) is 0 Å². The van der Waals surface area contributed by atoms with Gasteiger partial charge in [-0.15, -0.1) is 0 Å². The van der Waals surface area contributed by atoms with E-state index in [0.717, 1.165) is 9.99 Å². The van der Waals surface area contributed by atoms with Crippen molar-refractivity contribution in [2.24, 2.45) is 0 Å². The lowest BCUT2D eigenvalue weighted by atomic mass is 10.2. The largest absolute Gasteiger partial charge is 0.0843 e. The third-order valence-corrected chi connectivity index (χ3v) is 2.39. The topological polar surface area (TPSA) is 0 Å². The highest BCUT2D eigenvalue weighted by Gasteiger charge is 1.94. The van der Waals surface area contributed by atoms with Crippen molar-refractivity contribution in [3.8, 4) is 0 Å². The lowest BCUT2D eigenvalue weighted by molar-refractivity contribution is 1.46. The van der Waals surface area contributed by atoms with Crippen LogP contribution < -0.4 is 0 Å². The second-order valence-corrected chi connectivity index (χ2v) is 3.55. The van der Waals surface area contributed by atoms with Gasteiger partial charge in [0.25, 0.3) is 0 Å². The summed E-state index contributed by atoms with van der Waals surface area (Å²) in [4.78, 5) is 0. The van der Waals surface area contributed by atoms with Crippen LogP contribution >= 0.6 is 45.8 Å². The first-order chi connectivity index (χ1) is 4.72. The molecule has 0 amide bonds. The molecule has 0 aromatic heterocycles. The molecule has 0 saturated carbocycles. The van der Waals surface area contributed by atoms with Crippen LogP contribution in [0.15, 0.2) is 18.2 Å². The number of rotatable bonds is 1. The number of hydrogen-bond acceptors (Lipinski definition) is 0. The predicted molar refractivity (Wildman–Crippen MR) is 54.2 cm³/mol. The summed E-state index contributed by atoms with van der Waals surface area (Å²) in [6, 6.07) is 5.57. The molecule has 0 unspecified atom stereocenters. The predicted octanol–water partition coefficient (Wildman–Crippen LogP) is 3.93. The van der Waals surface area contributed by atoms with Gasteiger partial charge in [0.2, 0.25) is 0 Å². The van der Waals surface area contributed by atoms with Crippen molar-refractivity contribution in [1.29, 1.82) is 0 Å². The molecule has 0 fully saturated rings. The van der Waals surface area contributed by atoms with Gasteiger partial charge in [0, 0.05) is 14.5 Å². The summed E-state index contributed by atoms with van der Waals surface area (Å²) in [7, 11) is 0. The number of hydrogen-bond donors (Lipinski definition) is 0. The number of halogens is 3. The SMILES string of the molecule is Clc1cc(Cl)cc(CI)c1. The summed E-state index contributed by atoms with van der Waals surface area (Å²) in [5, 5.41) is 1.42. The van der Waals surface area contributed by atoms with Crippen molar-refractivity contribution in [3.05, 3.63) is 33.8 Å². The van der Waals surface area contributed by atoms with Crippen molar-refractivity contribution >= 4 is 45.8 Å². The molecule has 0 radical (unpaired) electrons. The van der Waals surface area contributed by atoms with E-state index in [4.69, 9.17) is 23.2 Å². The van der Waals surface area contributed by atoms with E-state index in [1.165, 1.54) is 0 Å². The average molecular weight is 287 g/mol. The minimum Gasteiger partial charge on any atom is -0.0843 e. The molecule has 0 aliphatic carbocycles. The lowest BCUT2D eigenvalue weighted by Gasteiger charge is -1.96. The Bertz CT molecular complexity index is 215. The first-order valence-corrected chi connectivity index (χ1v) is 5.01. The molecular weight excluding hydrogens is 282 g/mol. The first-order valence-electron chi connectivity index (χ1n) is 2.73. The summed E-state index contributed by atoms with van der Waals surface area (Å²) >= 11 is 13.8. The summed E-state index contributed by atoms with van der Waals surface area (Å²) in [5.74, 6) is 0. The summed E-state index contributed by atoms with van der Waals surface area (Å²) in [5.41, 5.74) is 1.16. The van der Waals surface area contributed by atoms with E-state index >= 15 is 0 Å². The fourth-order valence-corrected chi connectivity index (χ4v) is 1.70. The molecule has 0 spiro atoms. The Balaban J connectivity index is 3.06. The average Bonchev–Trinajstić information content (AvgIpc) is 1.85. The van der Waals surface area contributed by atoms with Gasteiger partial charge in [0.15, 0.2) is 0 Å². The molecule has 0 aliphatic heterocycles. The second-order valence-electron chi connectivity index (χ2n) is 1.91. The molecule has 1 aromatic carbocycles. The van der Waals surface area contributed by atoms with Crippen LogP contribution in [0.3, 0.4) is 0 Å². The van der Waals surface area contributed by atoms with Gasteiger partial charge in [-0.2, -0.15) is 0 Å². The van der Waals surface area contributed by atoms with Gasteiger partial charge >= 0.3 is 0 Å². The van der Waals surface area contributed by atoms with Crippen LogP contribution in [0.2, 0.25) is 10.0 Å². The molecule has 10 heavy (non-hydrogen) atoms. The molecule has 0 heterocycles. The fraction of sp³-hybridized carbons (Fsp3) is 0.143. The molecule has 1 rings (SSSR count). The zero-order valence-corrected chi connectivity index (χ0v) is 8.74. The first kappa shape index (κ1) is 8.62. The van der Waals surface area contributed by atoms with Gasteiger partial charge in [0.1, 0.15) is 0 Å². The minimum atomic E-state index is 0.708. The number of benzene rings is 1. The van der Waals surface area contributed by atoms with Crippen molar-refractivity contribution in [1.82, 2.24) is 0 Å². The molecular formula is C7H5Cl2I. The maximum atomic E-state index is 5.74. The fourth-order valence-electron chi connectivity index (χ4n) is 0.688. The molecule has 0 saturated heterocycles. The van der Waals surface area contributed by atoms with E-state index in [9.17, 15) is 0 Å². The third kappa shape index (κ3) is 2.29. The maximum Gasteiger partial charge on any atom is 0.0423 e. The van der Waals surface area contributed by atoms with Crippen molar-refractivity contribution in [2.75, 3.05) is 0 Å². The van der Waals surface area contributed by atoms with E-state index in [1.54, 1.807) is 6.07 Å². The zero-order valence-electron chi connectivity index (χ0n) is 5.07. The third-order valence-electron chi connectivity index (χ3n) is 1.08. The Morgan fingerprint density at radius 2 is 1.60 bits per heavy atom. The smallest absolute Gasteiger partial charge is 0.0423 e. The van der Waals surface area contributed by atoms with Crippen molar-refractivity contribution in [3.63, 3.8) is 0 Å². The van der Waals surface area contributed by atoms with Crippen LogP contribution in [0.1, 0.15) is 5.56 Å². The molecule has 3 heteroatoms. The lowest BCUT2D eigenvalue weighted by Crippen LogP contribution is -1.76. The van der Waals surface area contributed by atoms with Gasteiger partial charge in [0.05, 0.1) is 0 Å². The Hall–Kier alpha value is 0.530. The molecule has 0 bridgehead atoms. The normalized spacial score (nSPS) is 9.90.